The number of ether oxygens (including phenoxy) is 1. The predicted molar refractivity (Wildman–Crippen MR) is 169 cm³/mol. The van der Waals surface area contributed by atoms with Crippen molar-refractivity contribution in [1.29, 1.82) is 0 Å². The van der Waals surface area contributed by atoms with Gasteiger partial charge in [-0.2, -0.15) is 0 Å². The van der Waals surface area contributed by atoms with Gasteiger partial charge in [-0.3, -0.25) is 14.5 Å². The Hall–Kier alpha value is -4.44. The van der Waals surface area contributed by atoms with Crippen molar-refractivity contribution >= 4 is 57.3 Å². The number of benzene rings is 4. The molecule has 1 aliphatic rings. The molecule has 1 N–H and O–H groups in total. The normalized spacial score (nSPS) is 16.0. The van der Waals surface area contributed by atoms with Crippen LogP contribution in [0, 0.1) is 0 Å². The first-order valence-electron chi connectivity index (χ1n) is 13.3. The number of anilines is 1. The second-order valence-corrected chi connectivity index (χ2v) is 12.2. The lowest BCUT2D eigenvalue weighted by Gasteiger charge is -2.22. The summed E-state index contributed by atoms with van der Waals surface area (Å²) in [6, 6.07) is 32.3. The predicted octanol–water partition coefficient (Wildman–Crippen LogP) is 7.69. The van der Waals surface area contributed by atoms with Gasteiger partial charge in [0.15, 0.2) is 4.34 Å². The Labute approximate surface area is 261 Å². The van der Waals surface area contributed by atoms with Crippen molar-refractivity contribution in [3.05, 3.63) is 142 Å². The van der Waals surface area contributed by atoms with Gasteiger partial charge in [-0.1, -0.05) is 126 Å². The maximum atomic E-state index is 13.5. The van der Waals surface area contributed by atoms with Gasteiger partial charge in [0, 0.05) is 16.3 Å². The fourth-order valence-electron chi connectivity index (χ4n) is 4.70. The first kappa shape index (κ1) is 28.7. The van der Waals surface area contributed by atoms with E-state index in [1.807, 2.05) is 60.7 Å². The smallest absolute Gasteiger partial charge is 0.301 e. The maximum Gasteiger partial charge on any atom is 0.301 e. The van der Waals surface area contributed by atoms with Crippen LogP contribution in [0.5, 0.6) is 5.75 Å². The second-order valence-electron chi connectivity index (χ2n) is 9.61. The van der Waals surface area contributed by atoms with Crippen LogP contribution in [0.4, 0.5) is 5.13 Å². The summed E-state index contributed by atoms with van der Waals surface area (Å²) in [5.74, 6) is -0.646. The first-order chi connectivity index (χ1) is 21.0. The highest BCUT2D eigenvalue weighted by Gasteiger charge is 2.48. The summed E-state index contributed by atoms with van der Waals surface area (Å²) in [6.07, 6.45) is 0. The Morgan fingerprint density at radius 1 is 0.884 bits per heavy atom. The number of hydrogen-bond donors (Lipinski definition) is 1. The Bertz CT molecular complexity index is 1790. The van der Waals surface area contributed by atoms with Gasteiger partial charge in [-0.05, 0) is 34.9 Å². The number of carbonyl (C=O) groups excluding carboxylic acids is 2. The van der Waals surface area contributed by atoms with Crippen molar-refractivity contribution < 1.29 is 19.4 Å². The third-order valence-electron chi connectivity index (χ3n) is 6.85. The number of Topliss-reactive ketones (excluding diaryl/α,β-unsaturated/α-hetero) is 1. The number of carbonyl (C=O) groups is 2. The van der Waals surface area contributed by atoms with Gasteiger partial charge in [-0.15, -0.1) is 10.2 Å². The van der Waals surface area contributed by atoms with Gasteiger partial charge >= 0.3 is 5.91 Å². The molecule has 1 aromatic heterocycles. The third kappa shape index (κ3) is 6.19. The Kier molecular flexibility index (Phi) is 8.55. The van der Waals surface area contributed by atoms with Crippen LogP contribution in [0.3, 0.4) is 0 Å². The van der Waals surface area contributed by atoms with Crippen molar-refractivity contribution in [2.24, 2.45) is 0 Å². The molecule has 6 rings (SSSR count). The molecule has 1 aliphatic heterocycles. The molecule has 7 nitrogen and oxygen atoms in total. The molecule has 214 valence electrons. The van der Waals surface area contributed by atoms with Crippen LogP contribution in [0.2, 0.25) is 5.02 Å². The summed E-state index contributed by atoms with van der Waals surface area (Å²) in [5.41, 5.74) is 3.01. The van der Waals surface area contributed by atoms with Crippen LogP contribution in [0.15, 0.2) is 119 Å². The fraction of sp³-hybridized carbons (Fsp3) is 0.0909. The monoisotopic (exact) mass is 625 g/mol. The van der Waals surface area contributed by atoms with Crippen LogP contribution in [0.25, 0.3) is 5.76 Å². The summed E-state index contributed by atoms with van der Waals surface area (Å²) in [6.45, 7) is 0.395. The minimum atomic E-state index is -0.919. The lowest BCUT2D eigenvalue weighted by Crippen LogP contribution is -2.29. The molecule has 10 heteroatoms. The lowest BCUT2D eigenvalue weighted by molar-refractivity contribution is -0.132. The van der Waals surface area contributed by atoms with Crippen molar-refractivity contribution in [3.63, 3.8) is 0 Å². The molecule has 0 saturated carbocycles. The number of aliphatic hydroxyl groups excluding tert-OH is 1. The number of hydrogen-bond acceptors (Lipinski definition) is 8. The van der Waals surface area contributed by atoms with Crippen molar-refractivity contribution in [2.45, 2.75) is 22.7 Å². The number of halogens is 1. The Morgan fingerprint density at radius 2 is 1.56 bits per heavy atom. The number of nitrogens with zero attached hydrogens (tertiary/aromatic N) is 3. The van der Waals surface area contributed by atoms with E-state index in [-0.39, 0.29) is 16.5 Å². The molecule has 1 unspecified atom stereocenters. The minimum absolute atomic E-state index is 0.0189. The second kappa shape index (κ2) is 12.8. The zero-order chi connectivity index (χ0) is 29.8. The molecule has 0 spiro atoms. The summed E-state index contributed by atoms with van der Waals surface area (Å²) >= 11 is 8.94. The van der Waals surface area contributed by atoms with Gasteiger partial charge in [0.2, 0.25) is 5.13 Å². The minimum Gasteiger partial charge on any atom is -0.507 e. The van der Waals surface area contributed by atoms with E-state index in [4.69, 9.17) is 16.3 Å². The molecule has 0 aliphatic carbocycles. The number of aromatic nitrogens is 2. The van der Waals surface area contributed by atoms with E-state index in [2.05, 4.69) is 10.2 Å². The summed E-state index contributed by atoms with van der Waals surface area (Å²) in [5, 5.41) is 20.8. The van der Waals surface area contributed by atoms with Crippen LogP contribution in [-0.2, 0) is 21.9 Å². The number of aliphatic hydroxyl groups is 1. The van der Waals surface area contributed by atoms with E-state index in [1.54, 1.807) is 48.5 Å². The molecule has 43 heavy (non-hydrogen) atoms. The quantitative estimate of drug-likeness (QED) is 0.0590. The molecule has 4 aromatic carbocycles. The van der Waals surface area contributed by atoms with E-state index >= 15 is 0 Å². The maximum absolute atomic E-state index is 13.5. The molecule has 0 bridgehead atoms. The highest BCUT2D eigenvalue weighted by molar-refractivity contribution is 8.00. The van der Waals surface area contributed by atoms with Crippen LogP contribution >= 0.6 is 34.7 Å². The standard InChI is InChI=1S/C33H24ClN3O4S2/c34-26-14-8-7-13-24(26)20-42-33-36-35-32(43-33)37-28(27(30(39)31(37)40)29(38)23-11-5-2-6-12-23)22-15-17-25(18-16-22)41-19-21-9-3-1-4-10-21/h1-18,28,38H,19-20H2/b29-27-. The average molecular weight is 626 g/mol. The average Bonchev–Trinajstić information content (AvgIpc) is 3.62. The number of thioether (sulfide) groups is 1. The number of amides is 1. The molecule has 2 heterocycles. The largest absolute Gasteiger partial charge is 0.507 e. The number of ketones is 1. The van der Waals surface area contributed by atoms with E-state index in [0.717, 1.165) is 11.1 Å². The highest BCUT2D eigenvalue weighted by atomic mass is 35.5. The molecule has 1 amide bonds. The van der Waals surface area contributed by atoms with Gasteiger partial charge in [0.05, 0.1) is 11.6 Å². The van der Waals surface area contributed by atoms with Crippen molar-refractivity contribution in [3.8, 4) is 5.75 Å². The summed E-state index contributed by atoms with van der Waals surface area (Å²) in [4.78, 5) is 28.3. The van der Waals surface area contributed by atoms with Gasteiger partial charge < -0.3 is 9.84 Å². The molecule has 1 fully saturated rings. The van der Waals surface area contributed by atoms with Gasteiger partial charge in [-0.25, -0.2) is 0 Å². The zero-order valence-corrected chi connectivity index (χ0v) is 25.0. The molecular formula is C33H24ClN3O4S2. The summed E-state index contributed by atoms with van der Waals surface area (Å²) < 4.78 is 6.55. The number of rotatable bonds is 9. The van der Waals surface area contributed by atoms with Crippen molar-refractivity contribution in [1.82, 2.24) is 10.2 Å². The van der Waals surface area contributed by atoms with Gasteiger partial charge in [0.1, 0.15) is 18.1 Å². The topological polar surface area (TPSA) is 92.6 Å². The van der Waals surface area contributed by atoms with E-state index in [1.165, 1.54) is 28.0 Å². The van der Waals surface area contributed by atoms with Crippen LogP contribution in [0.1, 0.15) is 28.3 Å². The third-order valence-corrected chi connectivity index (χ3v) is 9.32. The van der Waals surface area contributed by atoms with Crippen molar-refractivity contribution in [2.75, 3.05) is 4.90 Å². The fourth-order valence-corrected chi connectivity index (χ4v) is 6.85. The van der Waals surface area contributed by atoms with E-state index < -0.39 is 17.7 Å². The Morgan fingerprint density at radius 3 is 2.28 bits per heavy atom. The summed E-state index contributed by atoms with van der Waals surface area (Å²) in [7, 11) is 0. The van der Waals surface area contributed by atoms with Gasteiger partial charge in [0.25, 0.3) is 5.78 Å². The van der Waals surface area contributed by atoms with E-state index in [0.29, 0.717) is 38.6 Å². The lowest BCUT2D eigenvalue weighted by atomic mass is 9.95. The van der Waals surface area contributed by atoms with Crippen LogP contribution < -0.4 is 9.64 Å². The van der Waals surface area contributed by atoms with E-state index in [9.17, 15) is 14.7 Å². The highest BCUT2D eigenvalue weighted by Crippen LogP contribution is 2.44. The first-order valence-corrected chi connectivity index (χ1v) is 15.5. The molecule has 0 radical (unpaired) electrons. The van der Waals surface area contributed by atoms with Crippen LogP contribution in [-0.4, -0.2) is 27.0 Å². The Balaban J connectivity index is 1.33. The molecule has 5 aromatic rings. The SMILES string of the molecule is O=C1C(=O)N(c2nnc(SCc3ccccc3Cl)s2)C(c2ccc(OCc3ccccc3)cc2)/C1=C(/O)c1ccccc1. The zero-order valence-electron chi connectivity index (χ0n) is 22.6. The molecular weight excluding hydrogens is 602 g/mol. The molecule has 1 saturated heterocycles. The molecule has 1 atom stereocenters.